The van der Waals surface area contributed by atoms with Crippen molar-refractivity contribution in [1.29, 1.82) is 0 Å². The van der Waals surface area contributed by atoms with E-state index in [-0.39, 0.29) is 29.4 Å². The number of carbonyl (C=O) groups is 2. The zero-order valence-corrected chi connectivity index (χ0v) is 16.4. The number of aryl methyl sites for hydroxylation is 1. The van der Waals surface area contributed by atoms with Gasteiger partial charge in [-0.2, -0.15) is 0 Å². The van der Waals surface area contributed by atoms with Gasteiger partial charge in [0, 0.05) is 26.4 Å². The van der Waals surface area contributed by atoms with Crippen LogP contribution < -0.4 is 10.2 Å². The number of hydrogen-bond donors (Lipinski definition) is 3. The number of methoxy groups -OCH3 is 1. The molecule has 1 amide bonds. The lowest BCUT2D eigenvalue weighted by Crippen LogP contribution is -2.55. The summed E-state index contributed by atoms with van der Waals surface area (Å²) >= 11 is 6.01. The van der Waals surface area contributed by atoms with E-state index in [1.807, 2.05) is 11.8 Å². The standard InChI is InChI=1S/C18H22ClN5O4/c1-3-11-14(19)23-15(21-11)17(25)22-12-6-8-24(9-13(12)28-2)16-10(18(26)27)5-4-7-20-16/h4-5,7,12-13H,3,6,8-9H2,1-2H3,(H,21,23)(H,22,25)(H,26,27). The van der Waals surface area contributed by atoms with Crippen molar-refractivity contribution in [2.45, 2.75) is 31.9 Å². The number of nitrogens with one attached hydrogen (secondary N) is 2. The molecule has 150 valence electrons. The molecule has 1 aliphatic rings. The maximum absolute atomic E-state index is 12.5. The van der Waals surface area contributed by atoms with E-state index in [0.717, 1.165) is 0 Å². The number of piperidine rings is 1. The zero-order valence-electron chi connectivity index (χ0n) is 15.6. The van der Waals surface area contributed by atoms with Crippen LogP contribution in [0.2, 0.25) is 5.15 Å². The summed E-state index contributed by atoms with van der Waals surface area (Å²) in [5.41, 5.74) is 0.846. The number of imidazole rings is 1. The lowest BCUT2D eigenvalue weighted by atomic mass is 10.0. The summed E-state index contributed by atoms with van der Waals surface area (Å²) < 4.78 is 5.55. The molecule has 0 aliphatic carbocycles. The highest BCUT2D eigenvalue weighted by Crippen LogP contribution is 2.23. The molecule has 2 aromatic heterocycles. The summed E-state index contributed by atoms with van der Waals surface area (Å²) in [6.07, 6.45) is 2.43. The Bertz CT molecular complexity index is 871. The number of H-pyrrole nitrogens is 1. The van der Waals surface area contributed by atoms with Gasteiger partial charge < -0.3 is 25.0 Å². The number of halogens is 1. The van der Waals surface area contributed by atoms with Crippen LogP contribution in [0.3, 0.4) is 0 Å². The maximum Gasteiger partial charge on any atom is 0.339 e. The first kappa shape index (κ1) is 20.1. The van der Waals surface area contributed by atoms with Crippen LogP contribution in [0, 0.1) is 0 Å². The topological polar surface area (TPSA) is 120 Å². The highest BCUT2D eigenvalue weighted by atomic mass is 35.5. The van der Waals surface area contributed by atoms with Gasteiger partial charge in [0.25, 0.3) is 5.91 Å². The molecule has 1 fully saturated rings. The van der Waals surface area contributed by atoms with Gasteiger partial charge in [0.15, 0.2) is 11.0 Å². The molecule has 28 heavy (non-hydrogen) atoms. The first-order valence-corrected chi connectivity index (χ1v) is 9.33. The van der Waals surface area contributed by atoms with Crippen LogP contribution in [-0.2, 0) is 11.2 Å². The molecule has 2 aromatic rings. The number of aromatic amines is 1. The molecule has 3 N–H and O–H groups in total. The van der Waals surface area contributed by atoms with Crippen molar-refractivity contribution in [2.75, 3.05) is 25.1 Å². The van der Waals surface area contributed by atoms with Gasteiger partial charge in [-0.25, -0.2) is 14.8 Å². The van der Waals surface area contributed by atoms with Gasteiger partial charge in [-0.05, 0) is 25.0 Å². The number of ether oxygens (including phenoxy) is 1. The number of carboxylic acids is 1. The quantitative estimate of drug-likeness (QED) is 0.666. The number of nitrogens with zero attached hydrogens (tertiary/aromatic N) is 3. The zero-order chi connectivity index (χ0) is 20.3. The molecule has 1 saturated heterocycles. The monoisotopic (exact) mass is 407 g/mol. The normalized spacial score (nSPS) is 19.5. The molecular formula is C18H22ClN5O4. The summed E-state index contributed by atoms with van der Waals surface area (Å²) in [6, 6.07) is 2.86. The van der Waals surface area contributed by atoms with Crippen molar-refractivity contribution in [2.24, 2.45) is 0 Å². The number of carbonyl (C=O) groups excluding carboxylic acids is 1. The first-order chi connectivity index (χ1) is 13.4. The Kier molecular flexibility index (Phi) is 6.15. The average Bonchev–Trinajstić information content (AvgIpc) is 3.09. The minimum atomic E-state index is -1.03. The van der Waals surface area contributed by atoms with Crippen molar-refractivity contribution in [1.82, 2.24) is 20.3 Å². The smallest absolute Gasteiger partial charge is 0.339 e. The molecule has 3 heterocycles. The molecule has 1 aliphatic heterocycles. The van der Waals surface area contributed by atoms with Crippen LogP contribution in [0.4, 0.5) is 5.82 Å². The Labute approximate surface area is 167 Å². The van der Waals surface area contributed by atoms with Crippen molar-refractivity contribution in [3.05, 3.63) is 40.6 Å². The van der Waals surface area contributed by atoms with Gasteiger partial charge in [-0.3, -0.25) is 4.79 Å². The Balaban J connectivity index is 1.71. The highest BCUT2D eigenvalue weighted by Gasteiger charge is 2.33. The van der Waals surface area contributed by atoms with E-state index in [0.29, 0.717) is 42.6 Å². The van der Waals surface area contributed by atoms with Gasteiger partial charge in [0.2, 0.25) is 0 Å². The lowest BCUT2D eigenvalue weighted by Gasteiger charge is -2.38. The van der Waals surface area contributed by atoms with Crippen molar-refractivity contribution in [3.8, 4) is 0 Å². The second-order valence-corrected chi connectivity index (χ2v) is 6.83. The van der Waals surface area contributed by atoms with Gasteiger partial charge in [0.05, 0.1) is 17.8 Å². The number of hydrogen-bond acceptors (Lipinski definition) is 6. The fourth-order valence-electron chi connectivity index (χ4n) is 3.30. The van der Waals surface area contributed by atoms with E-state index in [2.05, 4.69) is 20.3 Å². The van der Waals surface area contributed by atoms with Crippen LogP contribution in [0.25, 0.3) is 0 Å². The summed E-state index contributed by atoms with van der Waals surface area (Å²) in [5.74, 6) is -0.829. The molecule has 3 rings (SSSR count). The molecule has 9 nitrogen and oxygen atoms in total. The second-order valence-electron chi connectivity index (χ2n) is 6.48. The van der Waals surface area contributed by atoms with Gasteiger partial charge >= 0.3 is 5.97 Å². The minimum absolute atomic E-state index is 0.136. The third kappa shape index (κ3) is 4.10. The maximum atomic E-state index is 12.5. The van der Waals surface area contributed by atoms with E-state index in [4.69, 9.17) is 16.3 Å². The van der Waals surface area contributed by atoms with Crippen molar-refractivity contribution < 1.29 is 19.4 Å². The third-order valence-corrected chi connectivity index (χ3v) is 5.10. The highest BCUT2D eigenvalue weighted by molar-refractivity contribution is 6.30. The van der Waals surface area contributed by atoms with Crippen LogP contribution in [0.1, 0.15) is 40.0 Å². The molecule has 0 aromatic carbocycles. The molecule has 2 unspecified atom stereocenters. The number of carboxylic acid groups (broad SMARTS) is 1. The molecule has 0 saturated carbocycles. The number of pyridine rings is 1. The van der Waals surface area contributed by atoms with Crippen LogP contribution >= 0.6 is 11.6 Å². The van der Waals surface area contributed by atoms with E-state index in [9.17, 15) is 14.7 Å². The summed E-state index contributed by atoms with van der Waals surface area (Å²) in [4.78, 5) is 37.1. The average molecular weight is 408 g/mol. The van der Waals surface area contributed by atoms with Gasteiger partial charge in [0.1, 0.15) is 11.4 Å². The SMILES string of the molecule is CCc1[nH]c(C(=O)NC2CCN(c3ncccc3C(=O)O)CC2OC)nc1Cl. The van der Waals surface area contributed by atoms with Crippen molar-refractivity contribution >= 4 is 29.3 Å². The summed E-state index contributed by atoms with van der Waals surface area (Å²) in [6.45, 7) is 2.85. The Morgan fingerprint density at radius 1 is 1.50 bits per heavy atom. The minimum Gasteiger partial charge on any atom is -0.478 e. The molecule has 10 heteroatoms. The summed E-state index contributed by atoms with van der Waals surface area (Å²) in [7, 11) is 1.56. The van der Waals surface area contributed by atoms with Crippen LogP contribution in [-0.4, -0.2) is 64.3 Å². The number of aromatic carboxylic acids is 1. The second kappa shape index (κ2) is 8.57. The number of rotatable bonds is 6. The molecular weight excluding hydrogens is 386 g/mol. The lowest BCUT2D eigenvalue weighted by molar-refractivity contribution is 0.0535. The molecule has 2 atom stereocenters. The Hall–Kier alpha value is -2.65. The molecule has 0 bridgehead atoms. The Morgan fingerprint density at radius 3 is 2.93 bits per heavy atom. The van der Waals surface area contributed by atoms with Crippen LogP contribution in [0.5, 0.6) is 0 Å². The fraction of sp³-hybridized carbons (Fsp3) is 0.444. The van der Waals surface area contributed by atoms with E-state index >= 15 is 0 Å². The third-order valence-electron chi connectivity index (χ3n) is 4.79. The van der Waals surface area contributed by atoms with E-state index < -0.39 is 5.97 Å². The number of anilines is 1. The predicted molar refractivity (Wildman–Crippen MR) is 103 cm³/mol. The number of amides is 1. The van der Waals surface area contributed by atoms with Crippen LogP contribution in [0.15, 0.2) is 18.3 Å². The van der Waals surface area contributed by atoms with Crippen molar-refractivity contribution in [3.63, 3.8) is 0 Å². The first-order valence-electron chi connectivity index (χ1n) is 8.95. The van der Waals surface area contributed by atoms with E-state index in [1.54, 1.807) is 19.4 Å². The largest absolute Gasteiger partial charge is 0.478 e. The van der Waals surface area contributed by atoms with Gasteiger partial charge in [-0.1, -0.05) is 18.5 Å². The summed E-state index contributed by atoms with van der Waals surface area (Å²) in [5, 5.41) is 12.6. The predicted octanol–water partition coefficient (Wildman–Crippen LogP) is 1.74. The van der Waals surface area contributed by atoms with E-state index in [1.165, 1.54) is 6.07 Å². The molecule has 0 spiro atoms. The van der Waals surface area contributed by atoms with Gasteiger partial charge in [-0.15, -0.1) is 0 Å². The molecule has 0 radical (unpaired) electrons. The fourth-order valence-corrected chi connectivity index (χ4v) is 3.56. The number of aromatic nitrogens is 3. The Morgan fingerprint density at radius 2 is 2.29 bits per heavy atom.